The number of benzene rings is 2. The first-order valence-electron chi connectivity index (χ1n) is 10.4. The van der Waals surface area contributed by atoms with Crippen molar-refractivity contribution in [3.05, 3.63) is 59.4 Å². The third-order valence-electron chi connectivity index (χ3n) is 5.34. The van der Waals surface area contributed by atoms with Crippen LogP contribution in [0.4, 0.5) is 4.39 Å². The van der Waals surface area contributed by atoms with Crippen molar-refractivity contribution in [2.75, 3.05) is 13.1 Å². The van der Waals surface area contributed by atoms with Crippen molar-refractivity contribution >= 4 is 17.8 Å². The average Bonchev–Trinajstić information content (AvgIpc) is 2.77. The molecule has 0 unspecified atom stereocenters. The van der Waals surface area contributed by atoms with Crippen LogP contribution in [0.2, 0.25) is 0 Å². The van der Waals surface area contributed by atoms with E-state index in [0.717, 1.165) is 12.1 Å². The molecule has 0 atom stereocenters. The van der Waals surface area contributed by atoms with Crippen LogP contribution in [0, 0.1) is 11.7 Å². The largest absolute Gasteiger partial charge is 0.507 e. The van der Waals surface area contributed by atoms with E-state index in [0.29, 0.717) is 37.0 Å². The van der Waals surface area contributed by atoms with Gasteiger partial charge < -0.3 is 25.6 Å². The normalized spacial score (nSPS) is 17.9. The summed E-state index contributed by atoms with van der Waals surface area (Å²) in [5.74, 6) is -2.43. The van der Waals surface area contributed by atoms with Crippen molar-refractivity contribution in [3.63, 3.8) is 0 Å². The molecule has 32 heavy (non-hydrogen) atoms. The zero-order chi connectivity index (χ0) is 23.1. The minimum atomic E-state index is -0.757. The zero-order valence-electron chi connectivity index (χ0n) is 17.3. The molecule has 2 aromatic carbocycles. The summed E-state index contributed by atoms with van der Waals surface area (Å²) in [7, 11) is 0. The summed E-state index contributed by atoms with van der Waals surface area (Å²) < 4.78 is 18.9. The molecule has 0 saturated heterocycles. The molecule has 1 aliphatic rings. The molecule has 9 heteroatoms. The number of halogens is 1. The van der Waals surface area contributed by atoms with Crippen molar-refractivity contribution in [2.45, 2.75) is 31.8 Å². The number of ether oxygens (including phenoxy) is 1. The summed E-state index contributed by atoms with van der Waals surface area (Å²) >= 11 is 0. The SMILES string of the molecule is O=C(NCCNC(=O)c1ccc(F)cc1O)c1ccc(OC2CCC(C(=O)O)CC2)cc1. The summed E-state index contributed by atoms with van der Waals surface area (Å²) in [6, 6.07) is 9.75. The van der Waals surface area contributed by atoms with Crippen LogP contribution in [0.3, 0.4) is 0 Å². The Labute approximate surface area is 184 Å². The Morgan fingerprint density at radius 1 is 0.938 bits per heavy atom. The number of hydrogen-bond donors (Lipinski definition) is 4. The molecule has 2 aromatic rings. The highest BCUT2D eigenvalue weighted by molar-refractivity contribution is 5.97. The second kappa shape index (κ2) is 10.6. The highest BCUT2D eigenvalue weighted by Gasteiger charge is 2.26. The van der Waals surface area contributed by atoms with E-state index in [4.69, 9.17) is 9.84 Å². The van der Waals surface area contributed by atoms with E-state index in [9.17, 15) is 23.9 Å². The molecule has 0 aromatic heterocycles. The molecular weight excluding hydrogens is 419 g/mol. The number of carbonyl (C=O) groups excluding carboxylic acids is 2. The standard InChI is InChI=1S/C23H25FN2O6/c24-16-5-10-19(20(27)13-16)22(29)26-12-11-25-21(28)14-1-6-17(7-2-14)32-18-8-3-15(4-9-18)23(30)31/h1-2,5-7,10,13,15,18,27H,3-4,8-9,11-12H2,(H,25,28)(H,26,29)(H,30,31). The molecule has 4 N–H and O–H groups in total. The molecule has 1 saturated carbocycles. The molecule has 0 spiro atoms. The summed E-state index contributed by atoms with van der Waals surface area (Å²) in [5.41, 5.74) is 0.374. The van der Waals surface area contributed by atoms with Gasteiger partial charge in [0.1, 0.15) is 17.3 Å². The van der Waals surface area contributed by atoms with Crippen LogP contribution in [-0.2, 0) is 4.79 Å². The smallest absolute Gasteiger partial charge is 0.306 e. The highest BCUT2D eigenvalue weighted by atomic mass is 19.1. The maximum Gasteiger partial charge on any atom is 0.306 e. The Morgan fingerprint density at radius 2 is 1.56 bits per heavy atom. The quantitative estimate of drug-likeness (QED) is 0.464. The van der Waals surface area contributed by atoms with E-state index < -0.39 is 23.4 Å². The Kier molecular flexibility index (Phi) is 7.64. The summed E-state index contributed by atoms with van der Waals surface area (Å²) in [6.45, 7) is 0.291. The van der Waals surface area contributed by atoms with Gasteiger partial charge in [-0.2, -0.15) is 0 Å². The van der Waals surface area contributed by atoms with Gasteiger partial charge in [0.2, 0.25) is 0 Å². The molecule has 2 amide bonds. The van der Waals surface area contributed by atoms with Gasteiger partial charge in [-0.3, -0.25) is 14.4 Å². The fraction of sp³-hybridized carbons (Fsp3) is 0.348. The van der Waals surface area contributed by atoms with Gasteiger partial charge in [-0.25, -0.2) is 4.39 Å². The first kappa shape index (κ1) is 23.1. The summed E-state index contributed by atoms with van der Waals surface area (Å²) in [4.78, 5) is 35.3. The molecule has 1 aliphatic carbocycles. The second-order valence-electron chi connectivity index (χ2n) is 7.63. The van der Waals surface area contributed by atoms with Crippen LogP contribution in [0.1, 0.15) is 46.4 Å². The lowest BCUT2D eigenvalue weighted by atomic mass is 9.87. The van der Waals surface area contributed by atoms with Crippen molar-refractivity contribution in [1.82, 2.24) is 10.6 Å². The van der Waals surface area contributed by atoms with Gasteiger partial charge in [-0.1, -0.05) is 0 Å². The molecule has 1 fully saturated rings. The predicted molar refractivity (Wildman–Crippen MR) is 113 cm³/mol. The van der Waals surface area contributed by atoms with Gasteiger partial charge in [-0.05, 0) is 62.1 Å². The Bertz CT molecular complexity index is 971. The lowest BCUT2D eigenvalue weighted by molar-refractivity contribution is -0.143. The van der Waals surface area contributed by atoms with Crippen LogP contribution >= 0.6 is 0 Å². The van der Waals surface area contributed by atoms with E-state index in [-0.39, 0.29) is 36.6 Å². The van der Waals surface area contributed by atoms with Gasteiger partial charge in [0.15, 0.2) is 0 Å². The van der Waals surface area contributed by atoms with Crippen LogP contribution in [0.25, 0.3) is 0 Å². The number of nitrogens with one attached hydrogen (secondary N) is 2. The second-order valence-corrected chi connectivity index (χ2v) is 7.63. The fourth-order valence-corrected chi connectivity index (χ4v) is 3.55. The van der Waals surface area contributed by atoms with Crippen molar-refractivity contribution in [1.29, 1.82) is 0 Å². The van der Waals surface area contributed by atoms with E-state index in [1.54, 1.807) is 24.3 Å². The van der Waals surface area contributed by atoms with E-state index in [1.807, 2.05) is 0 Å². The van der Waals surface area contributed by atoms with Crippen molar-refractivity contribution in [2.24, 2.45) is 5.92 Å². The number of hydrogen-bond acceptors (Lipinski definition) is 5. The molecule has 0 radical (unpaired) electrons. The highest BCUT2D eigenvalue weighted by Crippen LogP contribution is 2.28. The minimum Gasteiger partial charge on any atom is -0.507 e. The molecular formula is C23H25FN2O6. The number of aromatic hydroxyl groups is 1. The van der Waals surface area contributed by atoms with Crippen LogP contribution in [0.15, 0.2) is 42.5 Å². The molecule has 3 rings (SSSR count). The third-order valence-corrected chi connectivity index (χ3v) is 5.34. The van der Waals surface area contributed by atoms with Gasteiger partial charge in [0.25, 0.3) is 11.8 Å². The van der Waals surface area contributed by atoms with Gasteiger partial charge in [0, 0.05) is 24.7 Å². The molecule has 0 heterocycles. The Hall–Kier alpha value is -3.62. The lowest BCUT2D eigenvalue weighted by Crippen LogP contribution is -2.34. The Morgan fingerprint density at radius 3 is 2.16 bits per heavy atom. The van der Waals surface area contributed by atoms with E-state index in [1.165, 1.54) is 6.07 Å². The van der Waals surface area contributed by atoms with Crippen LogP contribution < -0.4 is 15.4 Å². The number of phenolic OH excluding ortho intramolecular Hbond substituents is 1. The number of carboxylic acids is 1. The van der Waals surface area contributed by atoms with Gasteiger partial charge >= 0.3 is 5.97 Å². The number of carboxylic acid groups (broad SMARTS) is 1. The minimum absolute atomic E-state index is 0.0329. The average molecular weight is 444 g/mol. The van der Waals surface area contributed by atoms with E-state index in [2.05, 4.69) is 10.6 Å². The summed E-state index contributed by atoms with van der Waals surface area (Å²) in [5, 5.41) is 23.9. The van der Waals surface area contributed by atoms with Crippen LogP contribution in [0.5, 0.6) is 11.5 Å². The monoisotopic (exact) mass is 444 g/mol. The number of phenols is 1. The zero-order valence-corrected chi connectivity index (χ0v) is 17.3. The number of rotatable bonds is 8. The van der Waals surface area contributed by atoms with Crippen molar-refractivity contribution in [3.8, 4) is 11.5 Å². The summed E-state index contributed by atoms with van der Waals surface area (Å²) in [6.07, 6.45) is 2.52. The lowest BCUT2D eigenvalue weighted by Gasteiger charge is -2.26. The third kappa shape index (κ3) is 6.19. The first-order valence-corrected chi connectivity index (χ1v) is 10.4. The predicted octanol–water partition coefficient (Wildman–Crippen LogP) is 2.71. The van der Waals surface area contributed by atoms with Gasteiger partial charge in [-0.15, -0.1) is 0 Å². The molecule has 8 nitrogen and oxygen atoms in total. The molecule has 0 aliphatic heterocycles. The van der Waals surface area contributed by atoms with Crippen molar-refractivity contribution < 1.29 is 33.7 Å². The molecule has 170 valence electrons. The maximum atomic E-state index is 13.0. The maximum absolute atomic E-state index is 13.0. The Balaban J connectivity index is 1.40. The van der Waals surface area contributed by atoms with Gasteiger partial charge in [0.05, 0.1) is 17.6 Å². The number of carbonyl (C=O) groups is 3. The topological polar surface area (TPSA) is 125 Å². The number of aliphatic carboxylic acids is 1. The number of amides is 2. The fourth-order valence-electron chi connectivity index (χ4n) is 3.55. The van der Waals surface area contributed by atoms with E-state index >= 15 is 0 Å². The van der Waals surface area contributed by atoms with Crippen LogP contribution in [-0.4, -0.2) is 47.2 Å². The molecule has 0 bridgehead atoms. The first-order chi connectivity index (χ1) is 15.3.